The van der Waals surface area contributed by atoms with Crippen LogP contribution in [-0.4, -0.2) is 55.1 Å². The first kappa shape index (κ1) is 17.4. The summed E-state index contributed by atoms with van der Waals surface area (Å²) in [6.07, 6.45) is 0. The molecule has 2 aromatic rings. The van der Waals surface area contributed by atoms with Crippen molar-refractivity contribution in [3.8, 4) is 0 Å². The van der Waals surface area contributed by atoms with E-state index >= 15 is 0 Å². The van der Waals surface area contributed by atoms with E-state index in [2.05, 4.69) is 21.7 Å². The molecule has 0 spiro atoms. The minimum absolute atomic E-state index is 0.0655. The van der Waals surface area contributed by atoms with Crippen molar-refractivity contribution in [1.29, 1.82) is 0 Å². The van der Waals surface area contributed by atoms with Crippen molar-refractivity contribution in [3.05, 3.63) is 54.5 Å². The molecule has 0 saturated carbocycles. The summed E-state index contributed by atoms with van der Waals surface area (Å²) in [5, 5.41) is 0. The average Bonchev–Trinajstić information content (AvgIpc) is 2.62. The molecule has 1 aromatic carbocycles. The Morgan fingerprint density at radius 2 is 1.96 bits per heavy atom. The fraction of sp³-hybridized carbons (Fsp3) is 0.368. The second-order valence-corrected chi connectivity index (χ2v) is 6.38. The van der Waals surface area contributed by atoms with E-state index < -0.39 is 5.95 Å². The molecule has 1 aromatic heterocycles. The molecule has 25 heavy (non-hydrogen) atoms. The Kier molecular flexibility index (Phi) is 5.28. The third-order valence-corrected chi connectivity index (χ3v) is 4.58. The highest BCUT2D eigenvalue weighted by atomic mass is 19.1. The van der Waals surface area contributed by atoms with E-state index in [0.717, 1.165) is 25.3 Å². The molecule has 1 aliphatic heterocycles. The molecular formula is C19H23FN4O. The lowest BCUT2D eigenvalue weighted by molar-refractivity contribution is -0.119. The van der Waals surface area contributed by atoms with Gasteiger partial charge in [-0.2, -0.15) is 4.39 Å². The van der Waals surface area contributed by atoms with Gasteiger partial charge in [-0.3, -0.25) is 9.69 Å². The second kappa shape index (κ2) is 7.61. The predicted molar refractivity (Wildman–Crippen MR) is 97.3 cm³/mol. The molecule has 5 nitrogen and oxygen atoms in total. The van der Waals surface area contributed by atoms with Gasteiger partial charge in [0.25, 0.3) is 0 Å². The largest absolute Gasteiger partial charge is 0.351 e. The van der Waals surface area contributed by atoms with Gasteiger partial charge >= 0.3 is 0 Å². The number of amides is 1. The molecule has 2 heterocycles. The monoisotopic (exact) mass is 342 g/mol. The van der Waals surface area contributed by atoms with Crippen molar-refractivity contribution < 1.29 is 9.18 Å². The Morgan fingerprint density at radius 3 is 2.64 bits per heavy atom. The normalized spacial score (nSPS) is 18.2. The van der Waals surface area contributed by atoms with Crippen LogP contribution in [0.1, 0.15) is 6.92 Å². The Bertz CT molecular complexity index is 724. The Morgan fingerprint density at radius 1 is 1.20 bits per heavy atom. The van der Waals surface area contributed by atoms with Crippen LogP contribution in [0.4, 0.5) is 15.9 Å². The van der Waals surface area contributed by atoms with Crippen molar-refractivity contribution in [2.45, 2.75) is 13.0 Å². The third-order valence-electron chi connectivity index (χ3n) is 4.58. The van der Waals surface area contributed by atoms with E-state index in [1.165, 1.54) is 6.07 Å². The Hall–Kier alpha value is -2.47. The number of para-hydroxylation sites is 1. The lowest BCUT2D eigenvalue weighted by Gasteiger charge is -2.40. The zero-order valence-corrected chi connectivity index (χ0v) is 14.6. The molecule has 3 rings (SSSR count). The standard InChI is InChI=1S/C19H23FN4O/c1-15-13-23(11-12-24(15)18-10-6-9-17(20)21-18)14-19(25)22(2)16-7-4-3-5-8-16/h3-10,15H,11-14H2,1-2H3. The van der Waals surface area contributed by atoms with Crippen molar-refractivity contribution in [2.75, 3.05) is 43.0 Å². The minimum Gasteiger partial charge on any atom is -0.351 e. The minimum atomic E-state index is -0.466. The number of pyridine rings is 1. The smallest absolute Gasteiger partial charge is 0.240 e. The summed E-state index contributed by atoms with van der Waals surface area (Å²) < 4.78 is 13.3. The van der Waals surface area contributed by atoms with Crippen LogP contribution in [0.5, 0.6) is 0 Å². The van der Waals surface area contributed by atoms with E-state index in [1.807, 2.05) is 36.4 Å². The molecule has 1 aliphatic rings. The molecular weight excluding hydrogens is 319 g/mol. The van der Waals surface area contributed by atoms with Gasteiger partial charge in [-0.15, -0.1) is 0 Å². The quantitative estimate of drug-likeness (QED) is 0.800. The summed E-state index contributed by atoms with van der Waals surface area (Å²) >= 11 is 0. The zero-order valence-electron chi connectivity index (χ0n) is 14.6. The van der Waals surface area contributed by atoms with Crippen LogP contribution in [0, 0.1) is 5.95 Å². The molecule has 0 aliphatic carbocycles. The fourth-order valence-electron chi connectivity index (χ4n) is 3.17. The number of likely N-dealkylation sites (N-methyl/N-ethyl adjacent to an activating group) is 1. The number of piperazine rings is 1. The molecule has 6 heteroatoms. The summed E-state index contributed by atoms with van der Waals surface area (Å²) in [7, 11) is 1.80. The first-order chi connectivity index (χ1) is 12.0. The van der Waals surface area contributed by atoms with Gasteiger partial charge in [0.05, 0.1) is 6.54 Å². The average molecular weight is 342 g/mol. The molecule has 0 N–H and O–H groups in total. The van der Waals surface area contributed by atoms with Crippen LogP contribution in [0.3, 0.4) is 0 Å². The van der Waals surface area contributed by atoms with Crippen LogP contribution < -0.4 is 9.80 Å². The van der Waals surface area contributed by atoms with Gasteiger partial charge in [-0.05, 0) is 31.2 Å². The number of carbonyl (C=O) groups excluding carboxylic acids is 1. The van der Waals surface area contributed by atoms with Crippen molar-refractivity contribution in [3.63, 3.8) is 0 Å². The van der Waals surface area contributed by atoms with Gasteiger partial charge in [0.1, 0.15) is 5.82 Å². The summed E-state index contributed by atoms with van der Waals surface area (Å²) in [5.41, 5.74) is 0.892. The van der Waals surface area contributed by atoms with Gasteiger partial charge in [-0.25, -0.2) is 4.98 Å². The van der Waals surface area contributed by atoms with Crippen LogP contribution in [0.25, 0.3) is 0 Å². The molecule has 0 bridgehead atoms. The molecule has 1 amide bonds. The van der Waals surface area contributed by atoms with Gasteiger partial charge in [-0.1, -0.05) is 24.3 Å². The summed E-state index contributed by atoms with van der Waals surface area (Å²) in [6, 6.07) is 14.6. The number of nitrogens with zero attached hydrogens (tertiary/aromatic N) is 4. The molecule has 0 radical (unpaired) electrons. The van der Waals surface area contributed by atoms with Crippen molar-refractivity contribution in [1.82, 2.24) is 9.88 Å². The zero-order chi connectivity index (χ0) is 17.8. The maximum atomic E-state index is 13.3. The first-order valence-corrected chi connectivity index (χ1v) is 8.48. The van der Waals surface area contributed by atoms with Crippen LogP contribution in [0.2, 0.25) is 0 Å². The lowest BCUT2D eigenvalue weighted by Crippen LogP contribution is -2.54. The topological polar surface area (TPSA) is 39.7 Å². The van der Waals surface area contributed by atoms with E-state index in [1.54, 1.807) is 18.0 Å². The number of carbonyl (C=O) groups is 1. The lowest BCUT2D eigenvalue weighted by atomic mass is 10.2. The molecule has 1 atom stereocenters. The summed E-state index contributed by atoms with van der Waals surface area (Å²) in [6.45, 7) is 4.66. The van der Waals surface area contributed by atoms with E-state index in [4.69, 9.17) is 0 Å². The van der Waals surface area contributed by atoms with Gasteiger partial charge in [0.15, 0.2) is 0 Å². The van der Waals surface area contributed by atoms with Crippen LogP contribution >= 0.6 is 0 Å². The van der Waals surface area contributed by atoms with E-state index in [0.29, 0.717) is 12.4 Å². The van der Waals surface area contributed by atoms with Gasteiger partial charge in [0.2, 0.25) is 11.9 Å². The number of anilines is 2. The summed E-state index contributed by atoms with van der Waals surface area (Å²) in [4.78, 5) is 22.4. The number of benzene rings is 1. The number of rotatable bonds is 4. The number of aromatic nitrogens is 1. The number of halogens is 1. The summed E-state index contributed by atoms with van der Waals surface area (Å²) in [5.74, 6) is 0.252. The Balaban J connectivity index is 1.59. The van der Waals surface area contributed by atoms with Crippen LogP contribution in [0.15, 0.2) is 48.5 Å². The molecule has 1 saturated heterocycles. The van der Waals surface area contributed by atoms with Gasteiger partial charge < -0.3 is 9.80 Å². The Labute approximate surface area is 147 Å². The number of hydrogen-bond donors (Lipinski definition) is 0. The molecule has 1 fully saturated rings. The van der Waals surface area contributed by atoms with Crippen LogP contribution in [-0.2, 0) is 4.79 Å². The maximum Gasteiger partial charge on any atom is 0.240 e. The van der Waals surface area contributed by atoms with Gasteiger partial charge in [0, 0.05) is 38.4 Å². The third kappa shape index (κ3) is 4.14. The fourth-order valence-corrected chi connectivity index (χ4v) is 3.17. The molecule has 1 unspecified atom stereocenters. The highest BCUT2D eigenvalue weighted by Crippen LogP contribution is 2.19. The number of hydrogen-bond acceptors (Lipinski definition) is 4. The van der Waals surface area contributed by atoms with E-state index in [9.17, 15) is 9.18 Å². The first-order valence-electron chi connectivity index (χ1n) is 8.48. The molecule has 132 valence electrons. The van der Waals surface area contributed by atoms with E-state index in [-0.39, 0.29) is 11.9 Å². The predicted octanol–water partition coefficient (Wildman–Crippen LogP) is 2.39. The van der Waals surface area contributed by atoms with Crippen molar-refractivity contribution >= 4 is 17.4 Å². The highest BCUT2D eigenvalue weighted by Gasteiger charge is 2.26. The second-order valence-electron chi connectivity index (χ2n) is 6.38. The van der Waals surface area contributed by atoms with Crippen molar-refractivity contribution in [2.24, 2.45) is 0 Å². The maximum absolute atomic E-state index is 13.3. The highest BCUT2D eigenvalue weighted by molar-refractivity contribution is 5.94. The SMILES string of the molecule is CC1CN(CC(=O)N(C)c2ccccc2)CCN1c1cccc(F)n1.